The zero-order valence-electron chi connectivity index (χ0n) is 9.27. The molecular weight excluding hydrogens is 238 g/mol. The number of benzene rings is 1. The third kappa shape index (κ3) is 2.60. The molecule has 2 rings (SSSR count). The van der Waals surface area contributed by atoms with Crippen LogP contribution in [-0.4, -0.2) is 12.1 Å². The van der Waals surface area contributed by atoms with Crippen LogP contribution in [-0.2, 0) is 0 Å². The lowest BCUT2D eigenvalue weighted by Gasteiger charge is -2.12. The zero-order valence-corrected chi connectivity index (χ0v) is 10.0. The van der Waals surface area contributed by atoms with Gasteiger partial charge in [0, 0.05) is 12.3 Å². The van der Waals surface area contributed by atoms with Crippen molar-refractivity contribution in [2.24, 2.45) is 0 Å². The topological polar surface area (TPSA) is 60.2 Å². The van der Waals surface area contributed by atoms with Gasteiger partial charge >= 0.3 is 0 Å². The molecule has 0 amide bonds. The number of methoxy groups -OCH3 is 1. The summed E-state index contributed by atoms with van der Waals surface area (Å²) >= 11 is 5.97. The number of aromatic nitrogens is 1. The summed E-state index contributed by atoms with van der Waals surface area (Å²) in [5.41, 5.74) is 6.91. The number of anilines is 3. The maximum Gasteiger partial charge on any atom is 0.144 e. The molecule has 3 N–H and O–H groups in total. The molecule has 5 heteroatoms. The zero-order chi connectivity index (χ0) is 12.3. The molecule has 0 aliphatic heterocycles. The van der Waals surface area contributed by atoms with Gasteiger partial charge in [-0.15, -0.1) is 0 Å². The van der Waals surface area contributed by atoms with Crippen molar-refractivity contribution in [3.05, 3.63) is 41.6 Å². The second kappa shape index (κ2) is 4.93. The van der Waals surface area contributed by atoms with E-state index in [-0.39, 0.29) is 0 Å². The molecule has 88 valence electrons. The van der Waals surface area contributed by atoms with E-state index in [9.17, 15) is 0 Å². The normalized spacial score (nSPS) is 10.0. The molecule has 0 fully saturated rings. The Kier molecular flexibility index (Phi) is 3.35. The van der Waals surface area contributed by atoms with E-state index in [4.69, 9.17) is 22.1 Å². The highest BCUT2D eigenvalue weighted by Crippen LogP contribution is 2.34. The van der Waals surface area contributed by atoms with Crippen molar-refractivity contribution in [2.75, 3.05) is 18.2 Å². The average molecular weight is 250 g/mol. The minimum atomic E-state index is 0.476. The quantitative estimate of drug-likeness (QED) is 0.821. The number of nitrogens with one attached hydrogen (secondary N) is 1. The number of nitrogens with two attached hydrogens (primary N) is 1. The van der Waals surface area contributed by atoms with Crippen molar-refractivity contribution < 1.29 is 4.74 Å². The van der Waals surface area contributed by atoms with Crippen LogP contribution < -0.4 is 15.8 Å². The first-order valence-electron chi connectivity index (χ1n) is 5.02. The lowest BCUT2D eigenvalue weighted by atomic mass is 10.2. The van der Waals surface area contributed by atoms with Crippen LogP contribution in [0.4, 0.5) is 17.2 Å². The highest BCUT2D eigenvalue weighted by atomic mass is 35.5. The van der Waals surface area contributed by atoms with Crippen molar-refractivity contribution in [3.8, 4) is 5.75 Å². The molecule has 4 nitrogen and oxygen atoms in total. The average Bonchev–Trinajstić information content (AvgIpc) is 2.35. The van der Waals surface area contributed by atoms with E-state index in [0.717, 1.165) is 5.69 Å². The van der Waals surface area contributed by atoms with Crippen LogP contribution in [0.25, 0.3) is 0 Å². The molecule has 0 saturated heterocycles. The highest BCUT2D eigenvalue weighted by molar-refractivity contribution is 6.33. The Morgan fingerprint density at radius 2 is 2.18 bits per heavy atom. The van der Waals surface area contributed by atoms with Crippen molar-refractivity contribution in [1.29, 1.82) is 0 Å². The summed E-state index contributed by atoms with van der Waals surface area (Å²) in [6, 6.07) is 8.97. The standard InChI is InChI=1S/C12H12ClN3O/c1-17-11-7-9(14)8(13)6-10(11)16-12-4-2-3-5-15-12/h2-7H,14H2,1H3,(H,15,16). The first-order valence-corrected chi connectivity index (χ1v) is 5.39. The minimum absolute atomic E-state index is 0.476. The van der Waals surface area contributed by atoms with Gasteiger partial charge in [-0.3, -0.25) is 0 Å². The number of nitrogen functional groups attached to an aromatic ring is 1. The monoisotopic (exact) mass is 249 g/mol. The van der Waals surface area contributed by atoms with Gasteiger partial charge in [0.2, 0.25) is 0 Å². The SMILES string of the molecule is COc1cc(N)c(Cl)cc1Nc1ccccn1. The number of ether oxygens (including phenoxy) is 1. The van der Waals surface area contributed by atoms with Crippen molar-refractivity contribution in [2.45, 2.75) is 0 Å². The maximum absolute atomic E-state index is 5.97. The second-order valence-electron chi connectivity index (χ2n) is 3.41. The molecule has 0 radical (unpaired) electrons. The molecule has 0 spiro atoms. The van der Waals surface area contributed by atoms with E-state index < -0.39 is 0 Å². The Bertz CT molecular complexity index is 517. The van der Waals surface area contributed by atoms with E-state index in [1.54, 1.807) is 25.4 Å². The van der Waals surface area contributed by atoms with Crippen molar-refractivity contribution >= 4 is 28.8 Å². The molecule has 0 aliphatic carbocycles. The molecule has 0 atom stereocenters. The fraction of sp³-hybridized carbons (Fsp3) is 0.0833. The Labute approximate surface area is 104 Å². The summed E-state index contributed by atoms with van der Waals surface area (Å²) in [4.78, 5) is 4.16. The number of nitrogens with zero attached hydrogens (tertiary/aromatic N) is 1. The Morgan fingerprint density at radius 1 is 1.35 bits per heavy atom. The maximum atomic E-state index is 5.97. The van der Waals surface area contributed by atoms with Gasteiger partial charge in [0.05, 0.1) is 23.5 Å². The van der Waals surface area contributed by atoms with E-state index in [1.807, 2.05) is 18.2 Å². The van der Waals surface area contributed by atoms with Crippen LogP contribution >= 0.6 is 11.6 Å². The van der Waals surface area contributed by atoms with Crippen LogP contribution in [0.2, 0.25) is 5.02 Å². The van der Waals surface area contributed by atoms with Crippen LogP contribution in [0.5, 0.6) is 5.75 Å². The number of hydrogen-bond donors (Lipinski definition) is 2. The molecule has 2 aromatic rings. The van der Waals surface area contributed by atoms with E-state index in [2.05, 4.69) is 10.3 Å². The Balaban J connectivity index is 2.35. The van der Waals surface area contributed by atoms with Gasteiger partial charge in [-0.05, 0) is 18.2 Å². The number of halogens is 1. The smallest absolute Gasteiger partial charge is 0.144 e. The van der Waals surface area contributed by atoms with E-state index in [1.165, 1.54) is 0 Å². The number of rotatable bonds is 3. The van der Waals surface area contributed by atoms with Gasteiger partial charge < -0.3 is 15.8 Å². The fourth-order valence-corrected chi connectivity index (χ4v) is 1.57. The van der Waals surface area contributed by atoms with Crippen LogP contribution in [0.15, 0.2) is 36.5 Å². The highest BCUT2D eigenvalue weighted by Gasteiger charge is 2.07. The van der Waals surface area contributed by atoms with Crippen molar-refractivity contribution in [1.82, 2.24) is 4.98 Å². The number of pyridine rings is 1. The largest absolute Gasteiger partial charge is 0.494 e. The van der Waals surface area contributed by atoms with Crippen LogP contribution in [0.1, 0.15) is 0 Å². The Hall–Kier alpha value is -1.94. The summed E-state index contributed by atoms with van der Waals surface area (Å²) in [7, 11) is 1.58. The third-order valence-electron chi connectivity index (χ3n) is 2.25. The number of hydrogen-bond acceptors (Lipinski definition) is 4. The summed E-state index contributed by atoms with van der Waals surface area (Å²) in [6.07, 6.45) is 1.70. The Morgan fingerprint density at radius 3 is 2.82 bits per heavy atom. The van der Waals surface area contributed by atoms with Gasteiger partial charge in [-0.2, -0.15) is 0 Å². The van der Waals surface area contributed by atoms with E-state index in [0.29, 0.717) is 22.3 Å². The predicted octanol–water partition coefficient (Wildman–Crippen LogP) is 3.07. The van der Waals surface area contributed by atoms with Crippen molar-refractivity contribution in [3.63, 3.8) is 0 Å². The van der Waals surface area contributed by atoms with Gasteiger partial charge in [0.15, 0.2) is 0 Å². The molecule has 17 heavy (non-hydrogen) atoms. The molecule has 0 aliphatic rings. The lowest BCUT2D eigenvalue weighted by molar-refractivity contribution is 0.417. The molecular formula is C12H12ClN3O. The fourth-order valence-electron chi connectivity index (χ4n) is 1.41. The van der Waals surface area contributed by atoms with Gasteiger partial charge in [-0.25, -0.2) is 4.98 Å². The molecule has 0 unspecified atom stereocenters. The summed E-state index contributed by atoms with van der Waals surface area (Å²) < 4.78 is 5.22. The minimum Gasteiger partial charge on any atom is -0.494 e. The summed E-state index contributed by atoms with van der Waals surface area (Å²) in [5, 5.41) is 3.59. The first-order chi connectivity index (χ1) is 8.20. The third-order valence-corrected chi connectivity index (χ3v) is 2.57. The summed E-state index contributed by atoms with van der Waals surface area (Å²) in [6.45, 7) is 0. The van der Waals surface area contributed by atoms with Gasteiger partial charge in [-0.1, -0.05) is 17.7 Å². The lowest BCUT2D eigenvalue weighted by Crippen LogP contribution is -1.98. The second-order valence-corrected chi connectivity index (χ2v) is 3.82. The summed E-state index contributed by atoms with van der Waals surface area (Å²) in [5.74, 6) is 1.34. The first kappa shape index (κ1) is 11.5. The predicted molar refractivity (Wildman–Crippen MR) is 69.9 cm³/mol. The molecule has 0 saturated carbocycles. The van der Waals surface area contributed by atoms with Crippen LogP contribution in [0.3, 0.4) is 0 Å². The van der Waals surface area contributed by atoms with Gasteiger partial charge in [0.1, 0.15) is 11.6 Å². The molecule has 0 bridgehead atoms. The van der Waals surface area contributed by atoms with Gasteiger partial charge in [0.25, 0.3) is 0 Å². The molecule has 1 aromatic carbocycles. The van der Waals surface area contributed by atoms with Crippen LogP contribution in [0, 0.1) is 0 Å². The molecule has 1 aromatic heterocycles. The molecule has 1 heterocycles. The van der Waals surface area contributed by atoms with E-state index >= 15 is 0 Å².